The first-order valence-electron chi connectivity index (χ1n) is 7.71. The highest BCUT2D eigenvalue weighted by atomic mass is 14.9. The van der Waals surface area contributed by atoms with Gasteiger partial charge in [-0.25, -0.2) is 0 Å². The Hall–Kier alpha value is -0.0400. The van der Waals surface area contributed by atoms with Gasteiger partial charge in [-0.15, -0.1) is 0 Å². The van der Waals surface area contributed by atoms with Crippen molar-refractivity contribution in [3.05, 3.63) is 0 Å². The summed E-state index contributed by atoms with van der Waals surface area (Å²) < 4.78 is 0. The third-order valence-electron chi connectivity index (χ3n) is 4.10. The van der Waals surface area contributed by atoms with Gasteiger partial charge in [-0.1, -0.05) is 73.1 Å². The van der Waals surface area contributed by atoms with Crippen LogP contribution in [0.4, 0.5) is 0 Å². The molecule has 0 aromatic heterocycles. The maximum absolute atomic E-state index is 3.61. The molecule has 1 nitrogen and oxygen atoms in total. The van der Waals surface area contributed by atoms with Gasteiger partial charge in [-0.2, -0.15) is 0 Å². The number of hydrogen-bond acceptors (Lipinski definition) is 1. The summed E-state index contributed by atoms with van der Waals surface area (Å²) in [5, 5.41) is 3.61. The van der Waals surface area contributed by atoms with E-state index in [1.54, 1.807) is 0 Å². The molecule has 0 saturated carbocycles. The molecule has 0 atom stereocenters. The summed E-state index contributed by atoms with van der Waals surface area (Å²) in [5.74, 6) is 0.754. The summed E-state index contributed by atoms with van der Waals surface area (Å²) in [6.07, 6.45) is 9.82. The Bertz CT molecular complexity index is 161. The first-order valence-corrected chi connectivity index (χ1v) is 7.71. The molecule has 0 unspecified atom stereocenters. The highest BCUT2D eigenvalue weighted by Gasteiger charge is 2.21. The lowest BCUT2D eigenvalue weighted by atomic mass is 9.81. The molecule has 0 heterocycles. The lowest BCUT2D eigenvalue weighted by Crippen LogP contribution is -2.33. The summed E-state index contributed by atoms with van der Waals surface area (Å²) >= 11 is 0. The van der Waals surface area contributed by atoms with Gasteiger partial charge >= 0.3 is 0 Å². The topological polar surface area (TPSA) is 12.0 Å². The molecule has 1 heteroatoms. The van der Waals surface area contributed by atoms with Crippen molar-refractivity contribution in [1.29, 1.82) is 0 Å². The second-order valence-corrected chi connectivity index (χ2v) is 6.44. The molecule has 104 valence electrons. The van der Waals surface area contributed by atoms with Crippen LogP contribution in [0.3, 0.4) is 0 Å². The zero-order chi connectivity index (χ0) is 13.1. The summed E-state index contributed by atoms with van der Waals surface area (Å²) in [6.45, 7) is 14.0. The first kappa shape index (κ1) is 17.0. The summed E-state index contributed by atoms with van der Waals surface area (Å²) in [5.41, 5.74) is 0.432. The molecule has 0 spiro atoms. The molecule has 0 aliphatic heterocycles. The van der Waals surface area contributed by atoms with Crippen molar-refractivity contribution >= 4 is 0 Å². The van der Waals surface area contributed by atoms with E-state index in [4.69, 9.17) is 0 Å². The molecular formula is C16H35N. The average Bonchev–Trinajstić information content (AvgIpc) is 2.26. The molecule has 0 radical (unpaired) electrons. The molecule has 1 N–H and O–H groups in total. The molecule has 0 amide bonds. The maximum atomic E-state index is 3.61. The third-order valence-corrected chi connectivity index (χ3v) is 4.10. The van der Waals surface area contributed by atoms with Crippen LogP contribution in [0.2, 0.25) is 0 Å². The van der Waals surface area contributed by atoms with E-state index in [2.05, 4.69) is 39.9 Å². The second-order valence-electron chi connectivity index (χ2n) is 6.44. The van der Waals surface area contributed by atoms with Crippen molar-refractivity contribution < 1.29 is 0 Å². The van der Waals surface area contributed by atoms with E-state index in [0.29, 0.717) is 5.41 Å². The van der Waals surface area contributed by atoms with Gasteiger partial charge in [-0.05, 0) is 24.3 Å². The van der Waals surface area contributed by atoms with Gasteiger partial charge in [0.2, 0.25) is 0 Å². The molecule has 0 saturated heterocycles. The molecule has 0 aromatic carbocycles. The fourth-order valence-electron chi connectivity index (χ4n) is 1.82. The Kier molecular flexibility index (Phi) is 9.91. The standard InChI is InChI=1S/C16H35N/c1-6-7-8-9-10-11-12-13-17-14-16(4,5)15(2)3/h15,17H,6-14H2,1-5H3. The van der Waals surface area contributed by atoms with Crippen LogP contribution in [0.25, 0.3) is 0 Å². The lowest BCUT2D eigenvalue weighted by Gasteiger charge is -2.29. The number of hydrogen-bond donors (Lipinski definition) is 1. The summed E-state index contributed by atoms with van der Waals surface area (Å²) in [6, 6.07) is 0. The lowest BCUT2D eigenvalue weighted by molar-refractivity contribution is 0.238. The highest BCUT2D eigenvalue weighted by Crippen LogP contribution is 2.24. The normalized spacial score (nSPS) is 12.4. The van der Waals surface area contributed by atoms with Crippen LogP contribution in [0.5, 0.6) is 0 Å². The van der Waals surface area contributed by atoms with E-state index >= 15 is 0 Å². The number of nitrogens with one attached hydrogen (secondary N) is 1. The molecule has 0 rings (SSSR count). The SMILES string of the molecule is CCCCCCCCCNCC(C)(C)C(C)C. The van der Waals surface area contributed by atoms with Crippen molar-refractivity contribution in [2.45, 2.75) is 79.6 Å². The van der Waals surface area contributed by atoms with Crippen molar-refractivity contribution in [2.75, 3.05) is 13.1 Å². The van der Waals surface area contributed by atoms with Crippen LogP contribution in [0, 0.1) is 11.3 Å². The Morgan fingerprint density at radius 1 is 0.882 bits per heavy atom. The van der Waals surface area contributed by atoms with Crippen LogP contribution in [0.15, 0.2) is 0 Å². The van der Waals surface area contributed by atoms with E-state index in [1.807, 2.05) is 0 Å². The fraction of sp³-hybridized carbons (Fsp3) is 1.00. The van der Waals surface area contributed by atoms with Gasteiger partial charge in [0.15, 0.2) is 0 Å². The number of rotatable bonds is 11. The summed E-state index contributed by atoms with van der Waals surface area (Å²) in [7, 11) is 0. The van der Waals surface area contributed by atoms with Gasteiger partial charge < -0.3 is 5.32 Å². The van der Waals surface area contributed by atoms with Crippen molar-refractivity contribution in [1.82, 2.24) is 5.32 Å². The Morgan fingerprint density at radius 2 is 1.41 bits per heavy atom. The van der Waals surface area contributed by atoms with Crippen molar-refractivity contribution in [2.24, 2.45) is 11.3 Å². The minimum atomic E-state index is 0.432. The van der Waals surface area contributed by atoms with Crippen LogP contribution in [-0.2, 0) is 0 Å². The summed E-state index contributed by atoms with van der Waals surface area (Å²) in [4.78, 5) is 0. The molecule has 0 aliphatic carbocycles. The van der Waals surface area contributed by atoms with E-state index in [-0.39, 0.29) is 0 Å². The van der Waals surface area contributed by atoms with E-state index in [1.165, 1.54) is 51.5 Å². The first-order chi connectivity index (χ1) is 8.00. The quantitative estimate of drug-likeness (QED) is 0.501. The fourth-order valence-corrected chi connectivity index (χ4v) is 1.82. The van der Waals surface area contributed by atoms with Gasteiger partial charge in [-0.3, -0.25) is 0 Å². The smallest absolute Gasteiger partial charge is 0.000496 e. The predicted octanol–water partition coefficient (Wildman–Crippen LogP) is 5.01. The molecule has 0 aliphatic rings. The van der Waals surface area contributed by atoms with Gasteiger partial charge in [0.1, 0.15) is 0 Å². The average molecular weight is 241 g/mol. The second kappa shape index (κ2) is 9.94. The molecule has 0 fully saturated rings. The van der Waals surface area contributed by atoms with E-state index in [9.17, 15) is 0 Å². The predicted molar refractivity (Wildman–Crippen MR) is 79.5 cm³/mol. The largest absolute Gasteiger partial charge is 0.316 e. The molecule has 0 bridgehead atoms. The zero-order valence-corrected chi connectivity index (χ0v) is 12.9. The van der Waals surface area contributed by atoms with E-state index < -0.39 is 0 Å². The van der Waals surface area contributed by atoms with Gasteiger partial charge in [0, 0.05) is 6.54 Å². The molecular weight excluding hydrogens is 206 g/mol. The van der Waals surface area contributed by atoms with Crippen LogP contribution >= 0.6 is 0 Å². The Labute approximate surface area is 110 Å². The van der Waals surface area contributed by atoms with Gasteiger partial charge in [0.25, 0.3) is 0 Å². The third kappa shape index (κ3) is 9.64. The molecule has 17 heavy (non-hydrogen) atoms. The Balaban J connectivity index is 3.24. The minimum absolute atomic E-state index is 0.432. The van der Waals surface area contributed by atoms with E-state index in [0.717, 1.165) is 12.5 Å². The minimum Gasteiger partial charge on any atom is -0.316 e. The zero-order valence-electron chi connectivity index (χ0n) is 12.9. The van der Waals surface area contributed by atoms with Crippen LogP contribution in [0.1, 0.15) is 79.6 Å². The maximum Gasteiger partial charge on any atom is 0.000496 e. The van der Waals surface area contributed by atoms with Gasteiger partial charge in [0.05, 0.1) is 0 Å². The Morgan fingerprint density at radius 3 is 1.94 bits per heavy atom. The van der Waals surface area contributed by atoms with Crippen LogP contribution in [-0.4, -0.2) is 13.1 Å². The van der Waals surface area contributed by atoms with Crippen molar-refractivity contribution in [3.8, 4) is 0 Å². The van der Waals surface area contributed by atoms with Crippen molar-refractivity contribution in [3.63, 3.8) is 0 Å². The monoisotopic (exact) mass is 241 g/mol. The number of unbranched alkanes of at least 4 members (excludes halogenated alkanes) is 6. The van der Waals surface area contributed by atoms with Crippen LogP contribution < -0.4 is 5.32 Å². The highest BCUT2D eigenvalue weighted by molar-refractivity contribution is 4.74. The molecule has 0 aromatic rings.